The van der Waals surface area contributed by atoms with Gasteiger partial charge in [-0.3, -0.25) is 4.79 Å². The van der Waals surface area contributed by atoms with Crippen LogP contribution in [0.15, 0.2) is 0 Å². The van der Waals surface area contributed by atoms with Crippen LogP contribution in [0, 0.1) is 11.8 Å². The first-order chi connectivity index (χ1) is 8.99. The Hall–Kier alpha value is -1.34. The number of carboxylic acid groups (broad SMARTS) is 1. The topological polar surface area (TPSA) is 88.1 Å². The molecular formula is C12H22N2O5. The fraction of sp³-hybridized carbons (Fsp3) is 0.833. The average molecular weight is 274 g/mol. The maximum Gasteiger partial charge on any atom is 0.317 e. The third-order valence-corrected chi connectivity index (χ3v) is 3.38. The maximum atomic E-state index is 11.9. The van der Waals surface area contributed by atoms with Crippen molar-refractivity contribution in [3.05, 3.63) is 0 Å². The largest absolute Gasteiger partial charge is 0.481 e. The second-order valence-corrected chi connectivity index (χ2v) is 4.83. The Kier molecular flexibility index (Phi) is 6.04. The van der Waals surface area contributed by atoms with Crippen LogP contribution >= 0.6 is 0 Å². The third-order valence-electron chi connectivity index (χ3n) is 3.38. The van der Waals surface area contributed by atoms with E-state index in [2.05, 4.69) is 5.32 Å². The number of hydrogen-bond acceptors (Lipinski definition) is 4. The van der Waals surface area contributed by atoms with Gasteiger partial charge in [0.15, 0.2) is 0 Å². The Morgan fingerprint density at radius 3 is 2.58 bits per heavy atom. The molecule has 1 aliphatic heterocycles. The van der Waals surface area contributed by atoms with E-state index < -0.39 is 11.9 Å². The lowest BCUT2D eigenvalue weighted by Gasteiger charge is -2.20. The van der Waals surface area contributed by atoms with Gasteiger partial charge in [0.1, 0.15) is 0 Å². The quantitative estimate of drug-likeness (QED) is 0.712. The summed E-state index contributed by atoms with van der Waals surface area (Å²) in [7, 11) is 3.11. The number of carboxylic acids is 1. The van der Waals surface area contributed by atoms with Crippen molar-refractivity contribution in [3.8, 4) is 0 Å². The van der Waals surface area contributed by atoms with Gasteiger partial charge in [0, 0.05) is 33.9 Å². The fourth-order valence-electron chi connectivity index (χ4n) is 2.16. The number of urea groups is 1. The van der Waals surface area contributed by atoms with E-state index in [0.29, 0.717) is 19.7 Å². The molecule has 0 aliphatic carbocycles. The number of carbonyl (C=O) groups is 2. The predicted molar refractivity (Wildman–Crippen MR) is 67.9 cm³/mol. The first-order valence-corrected chi connectivity index (χ1v) is 6.26. The number of rotatable bonds is 6. The standard InChI is InChI=1S/C12H22N2O5/c1-8-5-14(6-10(8)11(15)16)12(17)13-4-9(19-3)7-18-2/h8-10H,4-7H2,1-3H3,(H,13,17)(H,15,16). The van der Waals surface area contributed by atoms with Crippen LogP contribution in [0.3, 0.4) is 0 Å². The van der Waals surface area contributed by atoms with E-state index >= 15 is 0 Å². The molecule has 3 unspecified atom stereocenters. The Morgan fingerprint density at radius 1 is 1.42 bits per heavy atom. The van der Waals surface area contributed by atoms with Crippen LogP contribution in [0.5, 0.6) is 0 Å². The summed E-state index contributed by atoms with van der Waals surface area (Å²) in [6, 6.07) is -0.256. The highest BCUT2D eigenvalue weighted by molar-refractivity contribution is 5.77. The van der Waals surface area contributed by atoms with Crippen LogP contribution in [-0.4, -0.2) is 68.6 Å². The van der Waals surface area contributed by atoms with E-state index in [1.54, 1.807) is 14.2 Å². The molecule has 0 spiro atoms. The molecule has 1 heterocycles. The van der Waals surface area contributed by atoms with Crippen molar-refractivity contribution in [2.45, 2.75) is 13.0 Å². The zero-order valence-electron chi connectivity index (χ0n) is 11.6. The van der Waals surface area contributed by atoms with Crippen LogP contribution in [-0.2, 0) is 14.3 Å². The summed E-state index contributed by atoms with van der Waals surface area (Å²) in [4.78, 5) is 24.4. The molecule has 2 amide bonds. The average Bonchev–Trinajstić information content (AvgIpc) is 2.76. The van der Waals surface area contributed by atoms with Crippen LogP contribution < -0.4 is 5.32 Å². The van der Waals surface area contributed by atoms with E-state index in [0.717, 1.165) is 0 Å². The first-order valence-electron chi connectivity index (χ1n) is 6.26. The van der Waals surface area contributed by atoms with Crippen molar-refractivity contribution >= 4 is 12.0 Å². The number of likely N-dealkylation sites (tertiary alicyclic amines) is 1. The highest BCUT2D eigenvalue weighted by atomic mass is 16.5. The summed E-state index contributed by atoms with van der Waals surface area (Å²) in [6.45, 7) is 3.29. The summed E-state index contributed by atoms with van der Waals surface area (Å²) < 4.78 is 10.1. The molecule has 0 aromatic carbocycles. The van der Waals surface area contributed by atoms with Crippen LogP contribution in [0.1, 0.15) is 6.92 Å². The molecule has 0 radical (unpaired) electrons. The van der Waals surface area contributed by atoms with Crippen molar-refractivity contribution in [2.24, 2.45) is 11.8 Å². The maximum absolute atomic E-state index is 11.9. The Balaban J connectivity index is 2.40. The van der Waals surface area contributed by atoms with Crippen molar-refractivity contribution in [3.63, 3.8) is 0 Å². The molecule has 1 saturated heterocycles. The van der Waals surface area contributed by atoms with Crippen molar-refractivity contribution in [2.75, 3.05) is 40.5 Å². The third kappa shape index (κ3) is 4.36. The highest BCUT2D eigenvalue weighted by Crippen LogP contribution is 2.22. The number of nitrogens with zero attached hydrogens (tertiary/aromatic N) is 1. The molecule has 2 N–H and O–H groups in total. The summed E-state index contributed by atoms with van der Waals surface area (Å²) in [5.74, 6) is -1.36. The van der Waals surface area contributed by atoms with Gasteiger partial charge in [-0.15, -0.1) is 0 Å². The molecule has 1 rings (SSSR count). The van der Waals surface area contributed by atoms with Gasteiger partial charge in [-0.1, -0.05) is 6.92 Å². The number of carbonyl (C=O) groups excluding carboxylic acids is 1. The van der Waals surface area contributed by atoms with Gasteiger partial charge in [-0.2, -0.15) is 0 Å². The zero-order chi connectivity index (χ0) is 14.4. The van der Waals surface area contributed by atoms with Gasteiger partial charge < -0.3 is 24.8 Å². The molecule has 0 aromatic rings. The molecule has 0 aromatic heterocycles. The summed E-state index contributed by atoms with van der Waals surface area (Å²) >= 11 is 0. The van der Waals surface area contributed by atoms with Gasteiger partial charge >= 0.3 is 12.0 Å². The number of amides is 2. The lowest BCUT2D eigenvalue weighted by molar-refractivity contribution is -0.142. The number of ether oxygens (including phenoxy) is 2. The second-order valence-electron chi connectivity index (χ2n) is 4.83. The molecule has 7 heteroatoms. The summed E-state index contributed by atoms with van der Waals surface area (Å²) in [5.41, 5.74) is 0. The zero-order valence-corrected chi connectivity index (χ0v) is 11.6. The minimum Gasteiger partial charge on any atom is -0.481 e. The van der Waals surface area contributed by atoms with E-state index in [9.17, 15) is 9.59 Å². The van der Waals surface area contributed by atoms with E-state index in [1.165, 1.54) is 4.90 Å². The smallest absolute Gasteiger partial charge is 0.317 e. The minimum absolute atomic E-state index is 0.0274. The fourth-order valence-corrected chi connectivity index (χ4v) is 2.16. The molecule has 19 heavy (non-hydrogen) atoms. The van der Waals surface area contributed by atoms with Gasteiger partial charge in [0.05, 0.1) is 18.6 Å². The summed E-state index contributed by atoms with van der Waals surface area (Å²) in [5, 5.41) is 11.7. The molecule has 0 saturated carbocycles. The van der Waals surface area contributed by atoms with Gasteiger partial charge in [-0.25, -0.2) is 4.79 Å². The number of methoxy groups -OCH3 is 2. The second kappa shape index (κ2) is 7.30. The summed E-state index contributed by atoms with van der Waals surface area (Å²) in [6.07, 6.45) is -0.204. The molecule has 7 nitrogen and oxygen atoms in total. The van der Waals surface area contributed by atoms with Crippen LogP contribution in [0.4, 0.5) is 4.79 Å². The van der Waals surface area contributed by atoms with Crippen molar-refractivity contribution in [1.82, 2.24) is 10.2 Å². The van der Waals surface area contributed by atoms with Crippen molar-refractivity contribution in [1.29, 1.82) is 0 Å². The van der Waals surface area contributed by atoms with E-state index in [4.69, 9.17) is 14.6 Å². The predicted octanol–water partition coefficient (Wildman–Crippen LogP) is 0.00990. The van der Waals surface area contributed by atoms with Crippen LogP contribution in [0.25, 0.3) is 0 Å². The van der Waals surface area contributed by atoms with Crippen molar-refractivity contribution < 1.29 is 24.2 Å². The lowest BCUT2D eigenvalue weighted by Crippen LogP contribution is -2.43. The molecule has 3 atom stereocenters. The van der Waals surface area contributed by atoms with E-state index in [1.807, 2.05) is 6.92 Å². The molecule has 0 bridgehead atoms. The first kappa shape index (κ1) is 15.7. The van der Waals surface area contributed by atoms with Crippen LogP contribution in [0.2, 0.25) is 0 Å². The monoisotopic (exact) mass is 274 g/mol. The number of hydrogen-bond donors (Lipinski definition) is 2. The highest BCUT2D eigenvalue weighted by Gasteiger charge is 2.36. The van der Waals surface area contributed by atoms with Gasteiger partial charge in [-0.05, 0) is 5.92 Å². The number of aliphatic carboxylic acids is 1. The Morgan fingerprint density at radius 2 is 2.11 bits per heavy atom. The molecular weight excluding hydrogens is 252 g/mol. The normalized spacial score (nSPS) is 24.3. The molecule has 1 aliphatic rings. The van der Waals surface area contributed by atoms with E-state index in [-0.39, 0.29) is 24.6 Å². The number of nitrogens with one attached hydrogen (secondary N) is 1. The minimum atomic E-state index is -0.850. The van der Waals surface area contributed by atoms with Gasteiger partial charge in [0.2, 0.25) is 0 Å². The molecule has 110 valence electrons. The Bertz CT molecular complexity index is 323. The molecule has 1 fully saturated rings. The SMILES string of the molecule is COCC(CNC(=O)N1CC(C)C(C(=O)O)C1)OC. The van der Waals surface area contributed by atoms with Gasteiger partial charge in [0.25, 0.3) is 0 Å². The Labute approximate surface area is 112 Å². The lowest BCUT2D eigenvalue weighted by atomic mass is 9.99.